The van der Waals surface area contributed by atoms with E-state index in [2.05, 4.69) is 15.1 Å². The lowest BCUT2D eigenvalue weighted by molar-refractivity contribution is -0.122. The molecule has 1 aromatic heterocycles. The molecule has 4 aromatic rings. The molecule has 2 N–H and O–H groups in total. The topological polar surface area (TPSA) is 72.8 Å². The number of rotatable bonds is 5. The Hall–Kier alpha value is -4.26. The average Bonchev–Trinajstić information content (AvgIpc) is 3.52. The quantitative estimate of drug-likeness (QED) is 0.191. The molecule has 1 aliphatic heterocycles. The van der Waals surface area contributed by atoms with Gasteiger partial charge >= 0.3 is 0 Å². The number of benzene rings is 3. The van der Waals surface area contributed by atoms with E-state index in [-0.39, 0.29) is 34.2 Å². The second-order valence-electron chi connectivity index (χ2n) is 10.3. The van der Waals surface area contributed by atoms with Crippen LogP contribution in [0.15, 0.2) is 66.9 Å². The largest absolute Gasteiger partial charge is 0.361 e. The second kappa shape index (κ2) is 10.6. The van der Waals surface area contributed by atoms with E-state index < -0.39 is 11.4 Å². The maximum absolute atomic E-state index is 15.5. The summed E-state index contributed by atoms with van der Waals surface area (Å²) < 4.78 is 15.5. The summed E-state index contributed by atoms with van der Waals surface area (Å²) in [6, 6.07) is 16.7. The molecule has 1 saturated carbocycles. The fourth-order valence-electron chi connectivity index (χ4n) is 5.85. The van der Waals surface area contributed by atoms with Crippen molar-refractivity contribution in [1.82, 2.24) is 10.3 Å². The smallest absolute Gasteiger partial charge is 0.259 e. The summed E-state index contributed by atoms with van der Waals surface area (Å²) >= 11 is 12.1. The minimum absolute atomic E-state index is 0.00265. The summed E-state index contributed by atoms with van der Waals surface area (Å²) in [6.45, 7) is 7.27. The van der Waals surface area contributed by atoms with Crippen LogP contribution in [-0.2, 0) is 11.3 Å². The Morgan fingerprint density at radius 3 is 2.59 bits per heavy atom. The molecule has 2 fully saturated rings. The summed E-state index contributed by atoms with van der Waals surface area (Å²) in [5.41, 5.74) is 2.03. The first kappa shape index (κ1) is 26.9. The molecule has 10 heteroatoms. The van der Waals surface area contributed by atoms with Crippen LogP contribution >= 0.6 is 23.8 Å². The third kappa shape index (κ3) is 4.63. The van der Waals surface area contributed by atoms with Crippen molar-refractivity contribution in [1.29, 1.82) is 0 Å². The molecule has 206 valence electrons. The Labute approximate surface area is 246 Å². The van der Waals surface area contributed by atoms with Crippen LogP contribution in [0, 0.1) is 12.4 Å². The van der Waals surface area contributed by atoms with E-state index >= 15 is 4.39 Å². The molecule has 2 heterocycles. The molecule has 0 unspecified atom stereocenters. The van der Waals surface area contributed by atoms with Crippen LogP contribution in [0.4, 0.5) is 21.5 Å². The number of nitrogens with one attached hydrogen (secondary N) is 2. The number of amides is 2. The number of thiocarbonyl (C=S) groups is 1. The Bertz CT molecular complexity index is 1760. The lowest BCUT2D eigenvalue weighted by Gasteiger charge is -2.39. The third-order valence-corrected chi connectivity index (χ3v) is 8.62. The first-order valence-electron chi connectivity index (χ1n) is 13.3. The lowest BCUT2D eigenvalue weighted by Crippen LogP contribution is -2.51. The van der Waals surface area contributed by atoms with Crippen molar-refractivity contribution in [3.05, 3.63) is 100 Å². The van der Waals surface area contributed by atoms with Crippen LogP contribution < -0.4 is 15.1 Å². The molecule has 7 nitrogen and oxygen atoms in total. The van der Waals surface area contributed by atoms with Crippen LogP contribution in [0.3, 0.4) is 0 Å². The summed E-state index contributed by atoms with van der Waals surface area (Å²) in [4.78, 5) is 36.5. The van der Waals surface area contributed by atoms with Crippen molar-refractivity contribution in [3.63, 3.8) is 0 Å². The highest BCUT2D eigenvalue weighted by molar-refractivity contribution is 7.81. The minimum atomic E-state index is -0.931. The number of aromatic nitrogens is 1. The fraction of sp³-hybridized carbons (Fsp3) is 0.226. The number of carbonyl (C=O) groups is 2. The lowest BCUT2D eigenvalue weighted by atomic mass is 9.80. The van der Waals surface area contributed by atoms with Crippen molar-refractivity contribution in [2.75, 3.05) is 9.80 Å². The van der Waals surface area contributed by atoms with Gasteiger partial charge in [-0.1, -0.05) is 43.0 Å². The number of fused-ring (bicyclic) bond motifs is 1. The minimum Gasteiger partial charge on any atom is -0.361 e. The number of anilines is 2. The van der Waals surface area contributed by atoms with Gasteiger partial charge in [-0.15, -0.1) is 0 Å². The standard InChI is InChI=1S/C31H25ClFN5O2S/c1-34-27-10-8-22(16-24(27)32)37-29(40)31(12-3-2-4-13-31)38(30(37)41)23-7-5-21(25(33)17-23)18-36-28(39)20-6-9-26-19(15-20)11-14-35-26/h5-11,14-17,35H,2-4,12-13,18H2,(H,36,39). The van der Waals surface area contributed by atoms with Gasteiger partial charge in [-0.25, -0.2) is 9.24 Å². The zero-order valence-electron chi connectivity index (χ0n) is 21.9. The van der Waals surface area contributed by atoms with Crippen LogP contribution in [-0.4, -0.2) is 27.4 Å². The molecule has 1 saturated heterocycles. The van der Waals surface area contributed by atoms with E-state index in [0.29, 0.717) is 35.3 Å². The van der Waals surface area contributed by atoms with Crippen molar-refractivity contribution < 1.29 is 14.0 Å². The normalized spacial score (nSPS) is 16.4. The van der Waals surface area contributed by atoms with Crippen molar-refractivity contribution in [2.24, 2.45) is 0 Å². The SMILES string of the molecule is [C-]#[N+]c1ccc(N2C(=O)C3(CCCCC3)N(c3ccc(CNC(=O)c4ccc5[nH]ccc5c4)c(F)c3)C2=S)cc1Cl. The van der Waals surface area contributed by atoms with Crippen molar-refractivity contribution >= 4 is 68.7 Å². The summed E-state index contributed by atoms with van der Waals surface area (Å²) in [5, 5.41) is 4.18. The molecule has 41 heavy (non-hydrogen) atoms. The summed E-state index contributed by atoms with van der Waals surface area (Å²) in [5.74, 6) is -0.986. The summed E-state index contributed by atoms with van der Waals surface area (Å²) in [6.07, 6.45) is 5.67. The molecular formula is C31H25ClFN5O2S. The third-order valence-electron chi connectivity index (χ3n) is 7.95. The van der Waals surface area contributed by atoms with Crippen LogP contribution in [0.5, 0.6) is 0 Å². The van der Waals surface area contributed by atoms with Gasteiger partial charge in [0.1, 0.15) is 11.4 Å². The molecule has 3 aromatic carbocycles. The van der Waals surface area contributed by atoms with E-state index in [9.17, 15) is 9.59 Å². The van der Waals surface area contributed by atoms with Gasteiger partial charge in [-0.2, -0.15) is 0 Å². The Kier molecular flexibility index (Phi) is 6.98. The number of nitrogens with zero attached hydrogens (tertiary/aromatic N) is 3. The van der Waals surface area contributed by atoms with Gasteiger partial charge in [0.05, 0.1) is 12.3 Å². The van der Waals surface area contributed by atoms with E-state index in [1.807, 2.05) is 12.1 Å². The average molecular weight is 586 g/mol. The van der Waals surface area contributed by atoms with E-state index in [0.717, 1.165) is 30.2 Å². The first-order chi connectivity index (χ1) is 19.8. The molecular weight excluding hydrogens is 561 g/mol. The van der Waals surface area contributed by atoms with Gasteiger partial charge in [0, 0.05) is 45.5 Å². The maximum Gasteiger partial charge on any atom is 0.259 e. The molecule has 2 aliphatic rings. The number of carbonyl (C=O) groups excluding carboxylic acids is 2. The molecule has 1 spiro atoms. The molecule has 0 radical (unpaired) electrons. The van der Waals surface area contributed by atoms with E-state index in [1.165, 1.54) is 11.0 Å². The highest BCUT2D eigenvalue weighted by Gasteiger charge is 2.56. The van der Waals surface area contributed by atoms with Crippen molar-refractivity contribution in [2.45, 2.75) is 44.2 Å². The molecule has 0 atom stereocenters. The Balaban J connectivity index is 1.27. The Morgan fingerprint density at radius 2 is 1.85 bits per heavy atom. The highest BCUT2D eigenvalue weighted by atomic mass is 35.5. The molecule has 0 bridgehead atoms. The van der Waals surface area contributed by atoms with Gasteiger partial charge in [-0.05, 0) is 73.6 Å². The number of H-pyrrole nitrogens is 1. The highest BCUT2D eigenvalue weighted by Crippen LogP contribution is 2.45. The molecule has 1 aliphatic carbocycles. The van der Waals surface area contributed by atoms with Crippen LogP contribution in [0.1, 0.15) is 48.0 Å². The summed E-state index contributed by atoms with van der Waals surface area (Å²) in [7, 11) is 0. The van der Waals surface area contributed by atoms with Gasteiger partial charge in [-0.3, -0.25) is 14.5 Å². The van der Waals surface area contributed by atoms with E-state index in [1.54, 1.807) is 53.6 Å². The monoisotopic (exact) mass is 585 g/mol. The number of hydrogen-bond donors (Lipinski definition) is 2. The van der Waals surface area contributed by atoms with Gasteiger partial charge < -0.3 is 15.2 Å². The van der Waals surface area contributed by atoms with Crippen LogP contribution in [0.2, 0.25) is 5.02 Å². The molecule has 6 rings (SSSR count). The first-order valence-corrected chi connectivity index (χ1v) is 14.1. The fourth-order valence-corrected chi connectivity index (χ4v) is 6.53. The van der Waals surface area contributed by atoms with Gasteiger partial charge in [0.15, 0.2) is 5.11 Å². The zero-order valence-corrected chi connectivity index (χ0v) is 23.5. The van der Waals surface area contributed by atoms with Gasteiger partial charge in [0.25, 0.3) is 11.8 Å². The number of hydrogen-bond acceptors (Lipinski definition) is 3. The van der Waals surface area contributed by atoms with E-state index in [4.69, 9.17) is 30.4 Å². The Morgan fingerprint density at radius 1 is 1.07 bits per heavy atom. The second-order valence-corrected chi connectivity index (χ2v) is 11.1. The number of halogens is 2. The maximum atomic E-state index is 15.5. The predicted molar refractivity (Wildman–Crippen MR) is 162 cm³/mol. The number of aromatic amines is 1. The van der Waals surface area contributed by atoms with Gasteiger partial charge in [0.2, 0.25) is 5.69 Å². The zero-order chi connectivity index (χ0) is 28.7. The molecule has 2 amide bonds. The van der Waals surface area contributed by atoms with Crippen molar-refractivity contribution in [3.8, 4) is 0 Å². The predicted octanol–water partition coefficient (Wildman–Crippen LogP) is 7.28. The van der Waals surface area contributed by atoms with Crippen LogP contribution in [0.25, 0.3) is 15.7 Å².